The zero-order valence-electron chi connectivity index (χ0n) is 15.3. The first-order valence-corrected chi connectivity index (χ1v) is 9.34. The number of rotatable bonds is 4. The first-order valence-electron chi connectivity index (χ1n) is 9.34. The van der Waals surface area contributed by atoms with Gasteiger partial charge in [-0.05, 0) is 32.6 Å². The van der Waals surface area contributed by atoms with Gasteiger partial charge < -0.3 is 9.80 Å². The number of carbonyl (C=O) groups excluding carboxylic acids is 2. The van der Waals surface area contributed by atoms with Crippen molar-refractivity contribution in [3.8, 4) is 0 Å². The Kier molecular flexibility index (Phi) is 5.35. The molecule has 1 spiro atoms. The smallest absolute Gasteiger partial charge is 0.222 e. The second kappa shape index (κ2) is 7.50. The third kappa shape index (κ3) is 4.17. The number of likely N-dealkylation sites (tertiary alicyclic amines) is 2. The SMILES string of the molecule is CCCC(=O)N1CCC[C@]2(CCC(=O)N(Cc3cnc(C)cn3)C2)C1. The third-order valence-electron chi connectivity index (χ3n) is 5.41. The van der Waals surface area contributed by atoms with Crippen LogP contribution in [0.3, 0.4) is 0 Å². The van der Waals surface area contributed by atoms with Crippen LogP contribution in [0.1, 0.15) is 56.8 Å². The summed E-state index contributed by atoms with van der Waals surface area (Å²) in [6, 6.07) is 0. The van der Waals surface area contributed by atoms with E-state index in [1.165, 1.54) is 0 Å². The highest BCUT2D eigenvalue weighted by Crippen LogP contribution is 2.39. The van der Waals surface area contributed by atoms with Gasteiger partial charge >= 0.3 is 0 Å². The average molecular weight is 344 g/mol. The summed E-state index contributed by atoms with van der Waals surface area (Å²) >= 11 is 0. The van der Waals surface area contributed by atoms with E-state index >= 15 is 0 Å². The van der Waals surface area contributed by atoms with Gasteiger partial charge in [-0.3, -0.25) is 19.6 Å². The third-order valence-corrected chi connectivity index (χ3v) is 5.41. The molecule has 1 atom stereocenters. The van der Waals surface area contributed by atoms with Gasteiger partial charge in [-0.15, -0.1) is 0 Å². The van der Waals surface area contributed by atoms with Crippen molar-refractivity contribution in [3.63, 3.8) is 0 Å². The summed E-state index contributed by atoms with van der Waals surface area (Å²) < 4.78 is 0. The Bertz CT molecular complexity index is 631. The molecule has 6 nitrogen and oxygen atoms in total. The Morgan fingerprint density at radius 1 is 1.24 bits per heavy atom. The zero-order chi connectivity index (χ0) is 17.9. The summed E-state index contributed by atoms with van der Waals surface area (Å²) in [5, 5.41) is 0. The molecule has 0 radical (unpaired) electrons. The molecule has 2 fully saturated rings. The predicted octanol–water partition coefficient (Wildman–Crippen LogP) is 2.32. The fourth-order valence-electron chi connectivity index (χ4n) is 4.07. The number of nitrogens with zero attached hydrogens (tertiary/aromatic N) is 4. The number of amides is 2. The lowest BCUT2D eigenvalue weighted by Crippen LogP contribution is -2.54. The minimum Gasteiger partial charge on any atom is -0.342 e. The summed E-state index contributed by atoms with van der Waals surface area (Å²) in [6.45, 7) is 6.82. The van der Waals surface area contributed by atoms with Crippen molar-refractivity contribution < 1.29 is 9.59 Å². The number of hydrogen-bond donors (Lipinski definition) is 0. The standard InChI is InChI=1S/C19H28N4O2/c1-3-5-17(24)22-9-4-7-19(13-22)8-6-18(25)23(14-19)12-16-11-20-15(2)10-21-16/h10-11H,3-9,12-14H2,1-2H3/t19-/m0/s1. The number of carbonyl (C=O) groups is 2. The van der Waals surface area contributed by atoms with Crippen LogP contribution in [0.2, 0.25) is 0 Å². The fourth-order valence-corrected chi connectivity index (χ4v) is 4.07. The summed E-state index contributed by atoms with van der Waals surface area (Å²) in [6.07, 6.45) is 8.57. The molecule has 1 aromatic heterocycles. The van der Waals surface area contributed by atoms with E-state index in [4.69, 9.17) is 0 Å². The summed E-state index contributed by atoms with van der Waals surface area (Å²) in [5.41, 5.74) is 1.75. The lowest BCUT2D eigenvalue weighted by molar-refractivity contribution is -0.143. The second-order valence-electron chi connectivity index (χ2n) is 7.57. The van der Waals surface area contributed by atoms with Crippen LogP contribution in [0.5, 0.6) is 0 Å². The van der Waals surface area contributed by atoms with E-state index in [1.807, 2.05) is 23.6 Å². The highest BCUT2D eigenvalue weighted by molar-refractivity contribution is 5.78. The minimum atomic E-state index is 0.0493. The van der Waals surface area contributed by atoms with E-state index < -0.39 is 0 Å². The maximum absolute atomic E-state index is 12.4. The van der Waals surface area contributed by atoms with Crippen molar-refractivity contribution in [2.45, 2.75) is 58.9 Å². The molecule has 25 heavy (non-hydrogen) atoms. The monoisotopic (exact) mass is 344 g/mol. The van der Waals surface area contributed by atoms with Crippen LogP contribution in [0.25, 0.3) is 0 Å². The molecular weight excluding hydrogens is 316 g/mol. The second-order valence-corrected chi connectivity index (χ2v) is 7.57. The van der Waals surface area contributed by atoms with Crippen LogP contribution >= 0.6 is 0 Å². The van der Waals surface area contributed by atoms with Crippen LogP contribution in [0.15, 0.2) is 12.4 Å². The molecule has 0 saturated carbocycles. The molecule has 2 aliphatic rings. The van der Waals surface area contributed by atoms with Gasteiger partial charge in [-0.1, -0.05) is 6.92 Å². The normalized spacial score (nSPS) is 24.0. The fraction of sp³-hybridized carbons (Fsp3) is 0.684. The molecule has 0 N–H and O–H groups in total. The Balaban J connectivity index is 1.69. The van der Waals surface area contributed by atoms with Crippen molar-refractivity contribution in [2.75, 3.05) is 19.6 Å². The maximum Gasteiger partial charge on any atom is 0.222 e. The van der Waals surface area contributed by atoms with E-state index in [2.05, 4.69) is 9.97 Å². The number of aryl methyl sites for hydroxylation is 1. The largest absolute Gasteiger partial charge is 0.342 e. The molecule has 0 aliphatic carbocycles. The molecule has 6 heteroatoms. The molecule has 3 rings (SSSR count). The van der Waals surface area contributed by atoms with Crippen LogP contribution < -0.4 is 0 Å². The highest BCUT2D eigenvalue weighted by Gasteiger charge is 2.42. The quantitative estimate of drug-likeness (QED) is 0.841. The lowest BCUT2D eigenvalue weighted by atomic mass is 9.73. The molecule has 1 aromatic rings. The molecule has 2 saturated heterocycles. The van der Waals surface area contributed by atoms with Crippen LogP contribution in [-0.2, 0) is 16.1 Å². The predicted molar refractivity (Wildman–Crippen MR) is 94.6 cm³/mol. The van der Waals surface area contributed by atoms with Gasteiger partial charge in [-0.2, -0.15) is 0 Å². The van der Waals surface area contributed by atoms with E-state index in [-0.39, 0.29) is 17.2 Å². The van der Waals surface area contributed by atoms with Gasteiger partial charge in [0.2, 0.25) is 11.8 Å². The Hall–Kier alpha value is -1.98. The van der Waals surface area contributed by atoms with Crippen molar-refractivity contribution in [2.24, 2.45) is 5.41 Å². The van der Waals surface area contributed by atoms with E-state index in [0.29, 0.717) is 19.4 Å². The lowest BCUT2D eigenvalue weighted by Gasteiger charge is -2.48. The van der Waals surface area contributed by atoms with Crippen molar-refractivity contribution in [3.05, 3.63) is 23.8 Å². The van der Waals surface area contributed by atoms with Crippen molar-refractivity contribution in [1.29, 1.82) is 0 Å². The molecule has 0 bridgehead atoms. The van der Waals surface area contributed by atoms with Crippen LogP contribution in [0, 0.1) is 12.3 Å². The number of hydrogen-bond acceptors (Lipinski definition) is 4. The molecule has 2 aliphatic heterocycles. The van der Waals surface area contributed by atoms with Gasteiger partial charge in [-0.25, -0.2) is 0 Å². The molecule has 2 amide bonds. The first kappa shape index (κ1) is 17.8. The van der Waals surface area contributed by atoms with Crippen molar-refractivity contribution in [1.82, 2.24) is 19.8 Å². The summed E-state index contributed by atoms with van der Waals surface area (Å²) in [4.78, 5) is 37.3. The molecule has 3 heterocycles. The van der Waals surface area contributed by atoms with Gasteiger partial charge in [0, 0.05) is 44.1 Å². The van der Waals surface area contributed by atoms with E-state index in [1.54, 1.807) is 12.4 Å². The summed E-state index contributed by atoms with van der Waals surface area (Å²) in [5.74, 6) is 0.444. The van der Waals surface area contributed by atoms with E-state index in [9.17, 15) is 9.59 Å². The van der Waals surface area contributed by atoms with Gasteiger partial charge in [0.15, 0.2) is 0 Å². The van der Waals surface area contributed by atoms with Gasteiger partial charge in [0.05, 0.1) is 24.1 Å². The Morgan fingerprint density at radius 3 is 2.80 bits per heavy atom. The van der Waals surface area contributed by atoms with Crippen molar-refractivity contribution >= 4 is 11.8 Å². The Morgan fingerprint density at radius 2 is 2.08 bits per heavy atom. The molecule has 0 aromatic carbocycles. The first-order chi connectivity index (χ1) is 12.0. The number of aromatic nitrogens is 2. The minimum absolute atomic E-state index is 0.0493. The summed E-state index contributed by atoms with van der Waals surface area (Å²) in [7, 11) is 0. The maximum atomic E-state index is 12.4. The van der Waals surface area contributed by atoms with Crippen LogP contribution in [0.4, 0.5) is 0 Å². The molecule has 136 valence electrons. The van der Waals surface area contributed by atoms with Gasteiger partial charge in [0.1, 0.15) is 0 Å². The highest BCUT2D eigenvalue weighted by atomic mass is 16.2. The molecule has 0 unspecified atom stereocenters. The number of piperidine rings is 2. The topological polar surface area (TPSA) is 66.4 Å². The zero-order valence-corrected chi connectivity index (χ0v) is 15.3. The van der Waals surface area contributed by atoms with E-state index in [0.717, 1.165) is 56.7 Å². The van der Waals surface area contributed by atoms with Crippen LogP contribution in [-0.4, -0.2) is 51.2 Å². The average Bonchev–Trinajstić information content (AvgIpc) is 2.61. The molecular formula is C19H28N4O2. The van der Waals surface area contributed by atoms with Gasteiger partial charge in [0.25, 0.3) is 0 Å². The Labute approximate surface area is 149 Å².